The van der Waals surface area contributed by atoms with Gasteiger partial charge in [-0.25, -0.2) is 4.79 Å². The Morgan fingerprint density at radius 1 is 1.59 bits per heavy atom. The van der Waals surface area contributed by atoms with Crippen LogP contribution in [0, 0.1) is 5.92 Å². The maximum Gasteiger partial charge on any atom is 0.374 e. The van der Waals surface area contributed by atoms with E-state index in [0.717, 1.165) is 18.0 Å². The van der Waals surface area contributed by atoms with E-state index in [9.17, 15) is 4.79 Å². The van der Waals surface area contributed by atoms with Gasteiger partial charge >= 0.3 is 5.97 Å². The molecule has 0 aliphatic heterocycles. The van der Waals surface area contributed by atoms with Crippen LogP contribution < -0.4 is 0 Å². The van der Waals surface area contributed by atoms with E-state index in [1.165, 1.54) is 18.9 Å². The van der Waals surface area contributed by atoms with Crippen LogP contribution in [0.3, 0.4) is 0 Å². The molecule has 2 heterocycles. The lowest BCUT2D eigenvalue weighted by molar-refractivity contribution is 0.0652. The van der Waals surface area contributed by atoms with Crippen molar-refractivity contribution >= 4 is 5.97 Å². The molecule has 6 heteroatoms. The first kappa shape index (κ1) is 10.1. The second-order valence-corrected chi connectivity index (χ2v) is 4.28. The summed E-state index contributed by atoms with van der Waals surface area (Å²) in [5.41, 5.74) is 1.28. The van der Waals surface area contributed by atoms with E-state index in [2.05, 4.69) is 10.3 Å². The third kappa shape index (κ3) is 2.06. The minimum absolute atomic E-state index is 0.157. The summed E-state index contributed by atoms with van der Waals surface area (Å²) in [7, 11) is 0. The minimum Gasteiger partial charge on any atom is -0.475 e. The van der Waals surface area contributed by atoms with Gasteiger partial charge in [-0.3, -0.25) is 4.68 Å². The van der Waals surface area contributed by atoms with Gasteiger partial charge in [-0.15, -0.1) is 0 Å². The first-order valence-corrected chi connectivity index (χ1v) is 5.45. The molecular weight excluding hydrogens is 222 g/mol. The van der Waals surface area contributed by atoms with Crippen LogP contribution in [0.1, 0.15) is 23.4 Å². The predicted octanol–water partition coefficient (Wildman–Crippen LogP) is 1.65. The molecule has 0 unspecified atom stereocenters. The molecule has 1 fully saturated rings. The Hall–Kier alpha value is -2.11. The van der Waals surface area contributed by atoms with Crippen molar-refractivity contribution in [3.05, 3.63) is 24.2 Å². The molecular formula is C11H11N3O3. The molecule has 0 atom stereocenters. The molecule has 17 heavy (non-hydrogen) atoms. The molecule has 2 aromatic rings. The summed E-state index contributed by atoms with van der Waals surface area (Å²) in [4.78, 5) is 10.6. The third-order valence-corrected chi connectivity index (χ3v) is 2.79. The molecule has 1 N–H and O–H groups in total. The van der Waals surface area contributed by atoms with Crippen LogP contribution in [0.15, 0.2) is 23.0 Å². The Balaban J connectivity index is 1.81. The quantitative estimate of drug-likeness (QED) is 0.868. The van der Waals surface area contributed by atoms with E-state index >= 15 is 0 Å². The average Bonchev–Trinajstić information content (AvgIpc) is 2.82. The molecule has 0 saturated heterocycles. The molecule has 3 rings (SSSR count). The van der Waals surface area contributed by atoms with Crippen molar-refractivity contribution < 1.29 is 14.4 Å². The number of hydrogen-bond donors (Lipinski definition) is 1. The van der Waals surface area contributed by atoms with E-state index in [0.29, 0.717) is 5.69 Å². The van der Waals surface area contributed by atoms with E-state index in [1.807, 2.05) is 10.9 Å². The average molecular weight is 233 g/mol. The summed E-state index contributed by atoms with van der Waals surface area (Å²) < 4.78 is 6.56. The van der Waals surface area contributed by atoms with E-state index in [4.69, 9.17) is 9.63 Å². The van der Waals surface area contributed by atoms with Gasteiger partial charge in [-0.1, -0.05) is 5.16 Å². The lowest BCUT2D eigenvalue weighted by Crippen LogP contribution is -1.98. The number of rotatable bonds is 4. The number of carbonyl (C=O) groups is 1. The molecule has 2 aromatic heterocycles. The number of aromatic nitrogens is 3. The molecule has 0 aromatic carbocycles. The summed E-state index contributed by atoms with van der Waals surface area (Å²) in [6.45, 7) is 0.920. The van der Waals surface area contributed by atoms with Crippen molar-refractivity contribution in [2.45, 2.75) is 19.4 Å². The van der Waals surface area contributed by atoms with Gasteiger partial charge in [0, 0.05) is 24.4 Å². The Labute approximate surface area is 96.8 Å². The highest BCUT2D eigenvalue weighted by Crippen LogP contribution is 2.30. The lowest BCUT2D eigenvalue weighted by Gasteiger charge is -1.95. The smallest absolute Gasteiger partial charge is 0.374 e. The van der Waals surface area contributed by atoms with E-state index in [-0.39, 0.29) is 5.76 Å². The fraction of sp³-hybridized carbons (Fsp3) is 0.364. The van der Waals surface area contributed by atoms with E-state index in [1.54, 1.807) is 6.20 Å². The molecule has 0 radical (unpaired) electrons. The Morgan fingerprint density at radius 2 is 2.41 bits per heavy atom. The second-order valence-electron chi connectivity index (χ2n) is 4.28. The zero-order chi connectivity index (χ0) is 11.8. The van der Waals surface area contributed by atoms with Gasteiger partial charge in [-0.2, -0.15) is 5.10 Å². The maximum absolute atomic E-state index is 10.6. The van der Waals surface area contributed by atoms with Gasteiger partial charge in [0.15, 0.2) is 0 Å². The molecule has 1 saturated carbocycles. The van der Waals surface area contributed by atoms with Crippen LogP contribution in [0.2, 0.25) is 0 Å². The van der Waals surface area contributed by atoms with Crippen LogP contribution >= 0.6 is 0 Å². The van der Waals surface area contributed by atoms with Crippen LogP contribution in [0.25, 0.3) is 11.3 Å². The number of nitrogens with zero attached hydrogens (tertiary/aromatic N) is 3. The summed E-state index contributed by atoms with van der Waals surface area (Å²) >= 11 is 0. The van der Waals surface area contributed by atoms with Crippen molar-refractivity contribution in [2.24, 2.45) is 5.92 Å². The highest BCUT2D eigenvalue weighted by Gasteiger charge is 2.22. The van der Waals surface area contributed by atoms with Crippen molar-refractivity contribution in [3.63, 3.8) is 0 Å². The highest BCUT2D eigenvalue weighted by molar-refractivity contribution is 5.85. The van der Waals surface area contributed by atoms with Crippen LogP contribution in [0.4, 0.5) is 0 Å². The van der Waals surface area contributed by atoms with Gasteiger partial charge in [0.1, 0.15) is 5.69 Å². The summed E-state index contributed by atoms with van der Waals surface area (Å²) in [5, 5.41) is 16.6. The zero-order valence-corrected chi connectivity index (χ0v) is 9.04. The number of carboxylic acid groups (broad SMARTS) is 1. The standard InChI is InChI=1S/C11H11N3O3/c15-11(16)10-3-9(13-17-10)8-4-12-14(6-8)5-7-1-2-7/h3-4,6-7H,1-2,5H2,(H,15,16). The van der Waals surface area contributed by atoms with Gasteiger partial charge < -0.3 is 9.63 Å². The second kappa shape index (κ2) is 3.73. The van der Waals surface area contributed by atoms with Crippen molar-refractivity contribution in [3.8, 4) is 11.3 Å². The molecule has 1 aliphatic carbocycles. The Morgan fingerprint density at radius 3 is 3.06 bits per heavy atom. The number of hydrogen-bond acceptors (Lipinski definition) is 4. The normalized spacial score (nSPS) is 15.1. The Kier molecular flexibility index (Phi) is 2.21. The minimum atomic E-state index is -1.12. The fourth-order valence-electron chi connectivity index (χ4n) is 1.67. The molecule has 0 bridgehead atoms. The lowest BCUT2D eigenvalue weighted by atomic mass is 10.2. The first-order valence-electron chi connectivity index (χ1n) is 5.45. The maximum atomic E-state index is 10.6. The molecule has 0 spiro atoms. The summed E-state index contributed by atoms with van der Waals surface area (Å²) in [5.74, 6) is -0.529. The number of carboxylic acids is 1. The first-order chi connectivity index (χ1) is 8.22. The van der Waals surface area contributed by atoms with Crippen molar-refractivity contribution in [1.29, 1.82) is 0 Å². The summed E-state index contributed by atoms with van der Waals surface area (Å²) in [6, 6.07) is 1.40. The molecule has 1 aliphatic rings. The summed E-state index contributed by atoms with van der Waals surface area (Å²) in [6.07, 6.45) is 6.07. The highest BCUT2D eigenvalue weighted by atomic mass is 16.5. The van der Waals surface area contributed by atoms with E-state index < -0.39 is 5.97 Å². The topological polar surface area (TPSA) is 81.1 Å². The molecule has 88 valence electrons. The van der Waals surface area contributed by atoms with Gasteiger partial charge in [-0.05, 0) is 18.8 Å². The van der Waals surface area contributed by atoms with Crippen molar-refractivity contribution in [1.82, 2.24) is 14.9 Å². The van der Waals surface area contributed by atoms with Crippen molar-refractivity contribution in [2.75, 3.05) is 0 Å². The largest absolute Gasteiger partial charge is 0.475 e. The van der Waals surface area contributed by atoms with Gasteiger partial charge in [0.05, 0.1) is 6.20 Å². The zero-order valence-electron chi connectivity index (χ0n) is 9.04. The van der Waals surface area contributed by atoms with Gasteiger partial charge in [0.25, 0.3) is 0 Å². The third-order valence-electron chi connectivity index (χ3n) is 2.79. The van der Waals surface area contributed by atoms with Crippen LogP contribution in [0.5, 0.6) is 0 Å². The van der Waals surface area contributed by atoms with Gasteiger partial charge in [0.2, 0.25) is 5.76 Å². The fourth-order valence-corrected chi connectivity index (χ4v) is 1.67. The predicted molar refractivity (Wildman–Crippen MR) is 57.4 cm³/mol. The number of aromatic carboxylic acids is 1. The van der Waals surface area contributed by atoms with Crippen LogP contribution in [-0.4, -0.2) is 26.0 Å². The Bertz CT molecular complexity index is 554. The molecule has 6 nitrogen and oxygen atoms in total. The SMILES string of the molecule is O=C(O)c1cc(-c2cnn(CC3CC3)c2)no1. The monoisotopic (exact) mass is 233 g/mol. The van der Waals surface area contributed by atoms with Crippen LogP contribution in [-0.2, 0) is 6.54 Å². The molecule has 0 amide bonds.